The number of phosphoric ester groups is 5. The highest BCUT2D eigenvalue weighted by Gasteiger charge is 2.60. The molecule has 12 atom stereocenters. The minimum atomic E-state index is -5.68. The van der Waals surface area contributed by atoms with Gasteiger partial charge in [-0.05, 0) is 0 Å². The lowest BCUT2D eigenvalue weighted by Gasteiger charge is -2.46. The molecule has 0 bridgehead atoms. The largest absolute Gasteiger partial charge is 0.567 e. The Hall–Kier alpha value is -0.150. The van der Waals surface area contributed by atoms with Crippen LogP contribution in [0.4, 0.5) is 4.79 Å². The summed E-state index contributed by atoms with van der Waals surface area (Å²) in [5.74, 6) is 0. The number of ether oxygens (including phenoxy) is 2. The van der Waals surface area contributed by atoms with Gasteiger partial charge in [-0.3, -0.25) is 22.6 Å². The number of carbonyl (C=O) groups is 1. The Morgan fingerprint density at radius 1 is 0.446 bits per heavy atom. The molecular weight excluding hydrogens is 914 g/mol. The first kappa shape index (κ1) is 52.0. The predicted molar refractivity (Wildman–Crippen MR) is 168 cm³/mol. The van der Waals surface area contributed by atoms with E-state index in [-0.39, 0.29) is 0 Å². The van der Waals surface area contributed by atoms with Crippen molar-refractivity contribution >= 4 is 53.3 Å². The summed E-state index contributed by atoms with van der Waals surface area (Å²) >= 11 is 0. The van der Waals surface area contributed by atoms with Gasteiger partial charge < -0.3 is 89.5 Å². The topological polar surface area (TPSA) is 544 Å². The fraction of sp³-hybridized carbons (Fsp3) is 0.941. The number of aliphatic hydroxyl groups is 4. The molecule has 0 heterocycles. The van der Waals surface area contributed by atoms with Gasteiger partial charge in [0.25, 0.3) is 0 Å². The van der Waals surface area contributed by atoms with Gasteiger partial charge in [-0.25, -0.2) is 27.6 Å². The van der Waals surface area contributed by atoms with Crippen molar-refractivity contribution in [2.24, 2.45) is 0 Å². The van der Waals surface area contributed by atoms with E-state index in [4.69, 9.17) is 19.3 Å². The zero-order chi connectivity index (χ0) is 43.4. The predicted octanol–water partition coefficient (Wildman–Crippen LogP) is -7.04. The minimum Gasteiger partial charge on any atom is -0.387 e. The van der Waals surface area contributed by atoms with E-state index in [1.807, 2.05) is 0 Å². The first-order chi connectivity index (χ1) is 25.1. The van der Waals surface area contributed by atoms with Crippen molar-refractivity contribution in [1.29, 1.82) is 0 Å². The van der Waals surface area contributed by atoms with Crippen molar-refractivity contribution in [3.63, 3.8) is 0 Å². The maximum absolute atomic E-state index is 12.3. The first-order valence-electron chi connectivity index (χ1n) is 14.5. The highest BCUT2D eigenvalue weighted by Crippen LogP contribution is 2.53. The molecule has 39 heteroatoms. The summed E-state index contributed by atoms with van der Waals surface area (Å²) in [5, 5.41) is 46.8. The SMILES string of the molecule is O=C(NCCO[C@H]1[C@@H](O)[C@H](OP(=O)(O)O)[C@@H](OP(=O)(O)O)[C@H](O)[C@H]1OP(=O)(O)O)NCCO[C@H]1[C@@H](O)[C@H](OP(=O)(O)O)[C@@H](O[P+](O)(O)O)[C@H](O)[C@H]1OP(=O)(O)O. The van der Waals surface area contributed by atoms with Crippen LogP contribution in [0.5, 0.6) is 0 Å². The lowest BCUT2D eigenvalue weighted by Crippen LogP contribution is -2.66. The van der Waals surface area contributed by atoms with Crippen molar-refractivity contribution in [1.82, 2.24) is 10.6 Å². The van der Waals surface area contributed by atoms with Crippen LogP contribution in [-0.4, -0.2) is 190 Å². The zero-order valence-corrected chi connectivity index (χ0v) is 32.6. The number of hydrogen-bond acceptors (Lipinski definition) is 21. The third-order valence-electron chi connectivity index (χ3n) is 6.94. The van der Waals surface area contributed by atoms with E-state index in [9.17, 15) is 102 Å². The van der Waals surface area contributed by atoms with Gasteiger partial charge in [0, 0.05) is 13.1 Å². The van der Waals surface area contributed by atoms with E-state index in [0.29, 0.717) is 0 Å². The van der Waals surface area contributed by atoms with E-state index in [2.05, 4.69) is 37.8 Å². The number of aliphatic hydroxyl groups excluding tert-OH is 4. The molecule has 2 amide bonds. The van der Waals surface area contributed by atoms with Crippen LogP contribution in [-0.2, 0) is 59.4 Å². The van der Waals surface area contributed by atoms with Crippen LogP contribution >= 0.6 is 47.3 Å². The number of nitrogens with one attached hydrogen (secondary N) is 2. The highest BCUT2D eigenvalue weighted by atomic mass is 31.2. The molecule has 0 aromatic heterocycles. The summed E-state index contributed by atoms with van der Waals surface area (Å²) in [7, 11) is -33.7. The molecule has 2 saturated carbocycles. The second-order valence-electron chi connectivity index (χ2n) is 11.2. The van der Waals surface area contributed by atoms with E-state index in [1.54, 1.807) is 0 Å². The number of urea groups is 1. The van der Waals surface area contributed by atoms with Crippen LogP contribution < -0.4 is 10.6 Å². The van der Waals surface area contributed by atoms with E-state index in [0.717, 1.165) is 0 Å². The maximum atomic E-state index is 12.3. The lowest BCUT2D eigenvalue weighted by molar-refractivity contribution is -0.225. The Kier molecular flexibility index (Phi) is 18.7. The average molecular weight is 953 g/mol. The molecule has 0 aromatic carbocycles. The quantitative estimate of drug-likeness (QED) is 0.0398. The van der Waals surface area contributed by atoms with Crippen LogP contribution in [0.3, 0.4) is 0 Å². The van der Waals surface area contributed by atoms with Gasteiger partial charge in [0.15, 0.2) is 6.10 Å². The van der Waals surface area contributed by atoms with Gasteiger partial charge >= 0.3 is 53.3 Å². The molecule has 2 rings (SSSR count). The number of phosphoric acid groups is 5. The Labute approximate surface area is 311 Å². The summed E-state index contributed by atoms with van der Waals surface area (Å²) in [5.41, 5.74) is 0. The fourth-order valence-electron chi connectivity index (χ4n) is 5.16. The third-order valence-corrected chi connectivity index (χ3v) is 10.1. The molecule has 0 spiro atoms. The summed E-state index contributed by atoms with van der Waals surface area (Å²) in [6.45, 7) is -2.84. The first-order valence-corrected chi connectivity index (χ1v) is 23.7. The number of amides is 2. The van der Waals surface area contributed by atoms with Crippen molar-refractivity contribution < 1.29 is 148 Å². The molecule has 2 aliphatic carbocycles. The van der Waals surface area contributed by atoms with E-state index in [1.165, 1.54) is 0 Å². The molecule has 33 nitrogen and oxygen atoms in total. The molecule has 56 heavy (non-hydrogen) atoms. The molecule has 2 fully saturated rings. The molecule has 0 saturated heterocycles. The molecule has 19 N–H and O–H groups in total. The van der Waals surface area contributed by atoms with Crippen molar-refractivity contribution in [2.45, 2.75) is 73.2 Å². The third kappa shape index (κ3) is 17.8. The van der Waals surface area contributed by atoms with Gasteiger partial charge in [-0.1, -0.05) is 0 Å². The molecule has 0 aliphatic heterocycles. The fourth-order valence-corrected chi connectivity index (χ4v) is 8.54. The number of rotatable bonds is 20. The van der Waals surface area contributed by atoms with E-state index >= 15 is 0 Å². The smallest absolute Gasteiger partial charge is 0.387 e. The number of carbonyl (C=O) groups excluding carboxylic acids is 1. The van der Waals surface area contributed by atoms with Gasteiger partial charge in [-0.2, -0.15) is 14.7 Å². The Morgan fingerprint density at radius 2 is 0.679 bits per heavy atom. The molecule has 0 radical (unpaired) electrons. The molecule has 2 aliphatic rings. The van der Waals surface area contributed by atoms with Gasteiger partial charge in [0.1, 0.15) is 67.1 Å². The van der Waals surface area contributed by atoms with Crippen LogP contribution in [0.25, 0.3) is 0 Å². The van der Waals surface area contributed by atoms with Crippen LogP contribution in [0.15, 0.2) is 0 Å². The van der Waals surface area contributed by atoms with Crippen molar-refractivity contribution in [3.8, 4) is 0 Å². The normalized spacial score (nSPS) is 32.6. The zero-order valence-electron chi connectivity index (χ0n) is 27.3. The van der Waals surface area contributed by atoms with Gasteiger partial charge in [0.2, 0.25) is 0 Å². The minimum absolute atomic E-state index is 0.620. The van der Waals surface area contributed by atoms with Gasteiger partial charge in [-0.15, -0.1) is 4.52 Å². The number of hydrogen-bond donors (Lipinski definition) is 19. The Bertz CT molecular complexity index is 1540. The second kappa shape index (κ2) is 20.1. The Balaban J connectivity index is 2.11. The van der Waals surface area contributed by atoms with E-state index < -0.39 is 153 Å². The second-order valence-corrected chi connectivity index (χ2v) is 18.4. The maximum Gasteiger partial charge on any atom is 0.567 e. The summed E-state index contributed by atoms with van der Waals surface area (Å²) in [4.78, 5) is 132. The monoisotopic (exact) mass is 953 g/mol. The summed E-state index contributed by atoms with van der Waals surface area (Å²) in [6, 6.07) is -1.13. The molecular formula is C17H39N2O31P6+. The molecule has 332 valence electrons. The summed E-state index contributed by atoms with van der Waals surface area (Å²) < 4.78 is 93.8. The standard InChI is InChI=1S/C17H38N2O31P6/c20-5-9(11(45-51(25,26)27)7(22)15(49-55(37,38)39)13(5)47-53(31,32)33)43-3-1-18-17(24)19-2-4-44-10-6(21)14(48-54(34,35)36)16(50-56(40,41)42)8(23)12(10)46-52(28,29)30/h5-16,20-23,37-39H,1-4H2,(H11-,18,19,24,25,26,27,28,29,30,31,32,33,34,35,36,40,41,42)/p+1/t5-,6-,7-,8-,9+,10+,11-,12-,13+,14+,15+,16+/m1/s1. The van der Waals surface area contributed by atoms with Crippen molar-refractivity contribution in [3.05, 3.63) is 0 Å². The highest BCUT2D eigenvalue weighted by molar-refractivity contribution is 7.53. The summed E-state index contributed by atoms with van der Waals surface area (Å²) in [6.07, 6.45) is -29.9. The Morgan fingerprint density at radius 3 is 0.946 bits per heavy atom. The molecule has 0 aromatic rings. The molecule has 0 unspecified atom stereocenters. The van der Waals surface area contributed by atoms with Gasteiger partial charge in [0.05, 0.1) is 13.2 Å². The van der Waals surface area contributed by atoms with Crippen LogP contribution in [0.1, 0.15) is 0 Å². The van der Waals surface area contributed by atoms with Crippen molar-refractivity contribution in [2.75, 3.05) is 26.3 Å². The average Bonchev–Trinajstić information content (AvgIpc) is 2.97. The van der Waals surface area contributed by atoms with Crippen LogP contribution in [0, 0.1) is 0 Å². The van der Waals surface area contributed by atoms with Crippen LogP contribution in [0.2, 0.25) is 0 Å². The lowest BCUT2D eigenvalue weighted by atomic mass is 9.85.